The highest BCUT2D eigenvalue weighted by Crippen LogP contribution is 2.21. The van der Waals surface area contributed by atoms with Crippen molar-refractivity contribution in [2.45, 2.75) is 27.3 Å². The van der Waals surface area contributed by atoms with Crippen LogP contribution in [-0.4, -0.2) is 50.4 Å². The number of anilines is 1. The first-order valence-electron chi connectivity index (χ1n) is 10.2. The van der Waals surface area contributed by atoms with Crippen LogP contribution in [0.3, 0.4) is 0 Å². The molecule has 29 heavy (non-hydrogen) atoms. The molecule has 0 unspecified atom stereocenters. The Morgan fingerprint density at radius 1 is 1.10 bits per heavy atom. The average molecular weight is 398 g/mol. The second-order valence-corrected chi connectivity index (χ2v) is 7.53. The summed E-state index contributed by atoms with van der Waals surface area (Å²) in [6, 6.07) is 11.8. The van der Waals surface area contributed by atoms with Crippen molar-refractivity contribution in [1.29, 1.82) is 0 Å². The van der Waals surface area contributed by atoms with E-state index in [-0.39, 0.29) is 6.03 Å². The molecule has 0 atom stereocenters. The van der Waals surface area contributed by atoms with E-state index < -0.39 is 0 Å². The molecular formula is C23H31N3O3. The zero-order valence-corrected chi connectivity index (χ0v) is 17.6. The summed E-state index contributed by atoms with van der Waals surface area (Å²) < 4.78 is 11.2. The number of carbonyl (C=O) groups excluding carboxylic acids is 1. The standard InChI is InChI=1S/C23H31N3O3/c1-17-13-18(2)22(19(3)14-17)25-23(27)24-16-20-5-4-6-21(15-20)29-12-9-26-7-10-28-11-8-26/h4-6,13-15H,7-12,16H2,1-3H3,(H2,24,25,27). The Hall–Kier alpha value is -2.57. The van der Waals surface area contributed by atoms with Crippen LogP contribution in [0.1, 0.15) is 22.3 Å². The van der Waals surface area contributed by atoms with Crippen LogP contribution in [0, 0.1) is 20.8 Å². The molecule has 3 rings (SSSR count). The second-order valence-electron chi connectivity index (χ2n) is 7.53. The van der Waals surface area contributed by atoms with Crippen LogP contribution in [0.5, 0.6) is 5.75 Å². The van der Waals surface area contributed by atoms with Crippen molar-refractivity contribution in [3.05, 3.63) is 58.7 Å². The van der Waals surface area contributed by atoms with E-state index in [4.69, 9.17) is 9.47 Å². The molecule has 0 spiro atoms. The quantitative estimate of drug-likeness (QED) is 0.749. The number of morpholine rings is 1. The maximum absolute atomic E-state index is 12.3. The maximum atomic E-state index is 12.3. The molecule has 1 aliphatic heterocycles. The average Bonchev–Trinajstić information content (AvgIpc) is 2.70. The lowest BCUT2D eigenvalue weighted by molar-refractivity contribution is 0.0322. The van der Waals surface area contributed by atoms with Crippen molar-refractivity contribution < 1.29 is 14.3 Å². The third kappa shape index (κ3) is 6.48. The lowest BCUT2D eigenvalue weighted by Gasteiger charge is -2.26. The number of amides is 2. The molecule has 6 nitrogen and oxygen atoms in total. The summed E-state index contributed by atoms with van der Waals surface area (Å²) in [4.78, 5) is 14.7. The van der Waals surface area contributed by atoms with Gasteiger partial charge in [-0.2, -0.15) is 0 Å². The molecule has 0 saturated carbocycles. The molecule has 156 valence electrons. The minimum absolute atomic E-state index is 0.210. The summed E-state index contributed by atoms with van der Waals surface area (Å²) in [7, 11) is 0. The highest BCUT2D eigenvalue weighted by atomic mass is 16.5. The molecule has 1 saturated heterocycles. The molecule has 6 heteroatoms. The van der Waals surface area contributed by atoms with Crippen LogP contribution in [0.25, 0.3) is 0 Å². The Morgan fingerprint density at radius 2 is 1.83 bits per heavy atom. The topological polar surface area (TPSA) is 62.8 Å². The first-order chi connectivity index (χ1) is 14.0. The second kappa shape index (κ2) is 10.3. The number of urea groups is 1. The summed E-state index contributed by atoms with van der Waals surface area (Å²) in [6.45, 7) is 11.6. The van der Waals surface area contributed by atoms with E-state index in [1.54, 1.807) is 0 Å². The van der Waals surface area contributed by atoms with Crippen molar-refractivity contribution in [2.24, 2.45) is 0 Å². The lowest BCUT2D eigenvalue weighted by atomic mass is 10.1. The van der Waals surface area contributed by atoms with E-state index in [0.29, 0.717) is 13.2 Å². The van der Waals surface area contributed by atoms with Gasteiger partial charge < -0.3 is 20.1 Å². The predicted molar refractivity (Wildman–Crippen MR) is 116 cm³/mol. The van der Waals surface area contributed by atoms with Crippen molar-refractivity contribution in [3.8, 4) is 5.75 Å². The third-order valence-electron chi connectivity index (χ3n) is 5.05. The van der Waals surface area contributed by atoms with Gasteiger partial charge in [-0.15, -0.1) is 0 Å². The highest BCUT2D eigenvalue weighted by Gasteiger charge is 2.10. The van der Waals surface area contributed by atoms with Gasteiger partial charge in [-0.05, 0) is 49.6 Å². The summed E-state index contributed by atoms with van der Waals surface area (Å²) in [5.41, 5.74) is 5.19. The molecule has 0 aliphatic carbocycles. The van der Waals surface area contributed by atoms with Crippen molar-refractivity contribution in [2.75, 3.05) is 44.8 Å². The molecular weight excluding hydrogens is 366 g/mol. The van der Waals surface area contributed by atoms with Gasteiger partial charge in [-0.1, -0.05) is 29.8 Å². The van der Waals surface area contributed by atoms with Crippen LogP contribution in [0.4, 0.5) is 10.5 Å². The fourth-order valence-electron chi connectivity index (χ4n) is 3.58. The predicted octanol–water partition coefficient (Wildman–Crippen LogP) is 3.64. The van der Waals surface area contributed by atoms with Crippen molar-refractivity contribution in [1.82, 2.24) is 10.2 Å². The monoisotopic (exact) mass is 397 g/mol. The molecule has 1 aliphatic rings. The number of hydrogen-bond acceptors (Lipinski definition) is 4. The number of benzene rings is 2. The minimum Gasteiger partial charge on any atom is -0.492 e. The normalized spacial score (nSPS) is 14.4. The van der Waals surface area contributed by atoms with Gasteiger partial charge in [0.05, 0.1) is 13.2 Å². The van der Waals surface area contributed by atoms with Gasteiger partial charge in [0.1, 0.15) is 12.4 Å². The van der Waals surface area contributed by atoms with E-state index in [2.05, 4.69) is 34.6 Å². The SMILES string of the molecule is Cc1cc(C)c(NC(=O)NCc2cccc(OCCN3CCOCC3)c2)c(C)c1. The van der Waals surface area contributed by atoms with Gasteiger partial charge >= 0.3 is 6.03 Å². The first kappa shape index (κ1) is 21.1. The Balaban J connectivity index is 1.46. The van der Waals surface area contributed by atoms with Crippen LogP contribution in [0.15, 0.2) is 36.4 Å². The van der Waals surface area contributed by atoms with Gasteiger partial charge in [0.15, 0.2) is 0 Å². The number of nitrogens with one attached hydrogen (secondary N) is 2. The Bertz CT molecular complexity index is 809. The van der Waals surface area contributed by atoms with Crippen LogP contribution >= 0.6 is 0 Å². The molecule has 2 aromatic carbocycles. The largest absolute Gasteiger partial charge is 0.492 e. The van der Waals surface area contributed by atoms with E-state index >= 15 is 0 Å². The Kier molecular flexibility index (Phi) is 7.49. The van der Waals surface area contributed by atoms with Gasteiger partial charge in [0.2, 0.25) is 0 Å². The number of ether oxygens (including phenoxy) is 2. The number of aryl methyl sites for hydroxylation is 3. The summed E-state index contributed by atoms with van der Waals surface area (Å²) >= 11 is 0. The summed E-state index contributed by atoms with van der Waals surface area (Å²) in [6.07, 6.45) is 0. The van der Waals surface area contributed by atoms with E-state index in [1.807, 2.05) is 38.1 Å². The van der Waals surface area contributed by atoms with Crippen molar-refractivity contribution >= 4 is 11.7 Å². The minimum atomic E-state index is -0.210. The fraction of sp³-hybridized carbons (Fsp3) is 0.435. The van der Waals surface area contributed by atoms with E-state index in [0.717, 1.165) is 61.0 Å². The van der Waals surface area contributed by atoms with Gasteiger partial charge in [-0.25, -0.2) is 4.79 Å². The molecule has 2 aromatic rings. The first-order valence-corrected chi connectivity index (χ1v) is 10.2. The molecule has 1 fully saturated rings. The van der Waals surface area contributed by atoms with Crippen LogP contribution in [0.2, 0.25) is 0 Å². The maximum Gasteiger partial charge on any atom is 0.319 e. The lowest BCUT2D eigenvalue weighted by Crippen LogP contribution is -2.38. The summed E-state index contributed by atoms with van der Waals surface area (Å²) in [5, 5.41) is 5.89. The number of carbonyl (C=O) groups is 1. The van der Waals surface area contributed by atoms with Crippen LogP contribution in [-0.2, 0) is 11.3 Å². The zero-order valence-electron chi connectivity index (χ0n) is 17.6. The number of hydrogen-bond donors (Lipinski definition) is 2. The van der Waals surface area contributed by atoms with Crippen LogP contribution < -0.4 is 15.4 Å². The molecule has 0 bridgehead atoms. The smallest absolute Gasteiger partial charge is 0.319 e. The van der Waals surface area contributed by atoms with E-state index in [1.165, 1.54) is 5.56 Å². The Morgan fingerprint density at radius 3 is 2.55 bits per heavy atom. The third-order valence-corrected chi connectivity index (χ3v) is 5.05. The highest BCUT2D eigenvalue weighted by molar-refractivity contribution is 5.91. The molecule has 0 radical (unpaired) electrons. The molecule has 2 amide bonds. The molecule has 2 N–H and O–H groups in total. The Labute approximate surface area is 173 Å². The van der Waals surface area contributed by atoms with Gasteiger partial charge in [0.25, 0.3) is 0 Å². The summed E-state index contributed by atoms with van der Waals surface area (Å²) in [5.74, 6) is 0.822. The number of nitrogens with zero attached hydrogens (tertiary/aromatic N) is 1. The van der Waals surface area contributed by atoms with Gasteiger partial charge in [0, 0.05) is 31.9 Å². The fourth-order valence-corrected chi connectivity index (χ4v) is 3.58. The molecule has 0 aromatic heterocycles. The number of rotatable bonds is 7. The van der Waals surface area contributed by atoms with Crippen molar-refractivity contribution in [3.63, 3.8) is 0 Å². The zero-order chi connectivity index (χ0) is 20.6. The molecule has 1 heterocycles. The van der Waals surface area contributed by atoms with Gasteiger partial charge in [-0.3, -0.25) is 4.90 Å². The van der Waals surface area contributed by atoms with E-state index in [9.17, 15) is 4.79 Å².